The third kappa shape index (κ3) is 6.27. The van der Waals surface area contributed by atoms with Gasteiger partial charge >= 0.3 is 0 Å². The summed E-state index contributed by atoms with van der Waals surface area (Å²) >= 11 is 3.61. The summed E-state index contributed by atoms with van der Waals surface area (Å²) in [5.41, 5.74) is 1.26. The number of hydrogen-bond acceptors (Lipinski definition) is 2. The third-order valence-corrected chi connectivity index (χ3v) is 4.30. The first-order valence-corrected chi connectivity index (χ1v) is 8.48. The fraction of sp³-hybridized carbons (Fsp3) is 0.647. The molecule has 0 heterocycles. The minimum absolute atomic E-state index is 0.654. The van der Waals surface area contributed by atoms with Gasteiger partial charge in [-0.2, -0.15) is 0 Å². The molecule has 1 aromatic carbocycles. The fourth-order valence-electron chi connectivity index (χ4n) is 2.01. The Kier molecular flexibility index (Phi) is 8.24. The SMILES string of the molecule is CCC(CC)COc1ccc(Br)c(CNCC(C)C)c1. The molecule has 20 heavy (non-hydrogen) atoms. The highest BCUT2D eigenvalue weighted by Gasteiger charge is 2.07. The van der Waals surface area contributed by atoms with Crippen molar-refractivity contribution in [2.75, 3.05) is 13.2 Å². The molecular formula is C17H28BrNO. The van der Waals surface area contributed by atoms with Crippen LogP contribution in [-0.4, -0.2) is 13.2 Å². The Balaban J connectivity index is 2.56. The van der Waals surface area contributed by atoms with Crippen molar-refractivity contribution in [2.24, 2.45) is 11.8 Å². The van der Waals surface area contributed by atoms with Crippen LogP contribution in [0, 0.1) is 11.8 Å². The lowest BCUT2D eigenvalue weighted by Gasteiger charge is -2.15. The topological polar surface area (TPSA) is 21.3 Å². The van der Waals surface area contributed by atoms with E-state index in [1.807, 2.05) is 6.07 Å². The molecule has 0 saturated heterocycles. The van der Waals surface area contributed by atoms with Crippen LogP contribution < -0.4 is 10.1 Å². The van der Waals surface area contributed by atoms with E-state index in [0.29, 0.717) is 11.8 Å². The van der Waals surface area contributed by atoms with Gasteiger partial charge in [-0.1, -0.05) is 56.5 Å². The molecule has 0 aliphatic heterocycles. The number of benzene rings is 1. The van der Waals surface area contributed by atoms with E-state index in [1.165, 1.54) is 18.4 Å². The van der Waals surface area contributed by atoms with Crippen molar-refractivity contribution in [1.82, 2.24) is 5.32 Å². The van der Waals surface area contributed by atoms with Gasteiger partial charge in [-0.3, -0.25) is 0 Å². The summed E-state index contributed by atoms with van der Waals surface area (Å²) in [7, 11) is 0. The standard InChI is InChI=1S/C17H28BrNO/c1-5-14(6-2)12-20-16-7-8-17(18)15(9-16)11-19-10-13(3)4/h7-9,13-14,19H,5-6,10-12H2,1-4H3. The molecule has 0 amide bonds. The molecule has 0 fully saturated rings. The predicted octanol–water partition coefficient (Wildman–Crippen LogP) is 5.01. The van der Waals surface area contributed by atoms with E-state index in [0.717, 1.165) is 29.9 Å². The molecule has 3 heteroatoms. The molecule has 114 valence electrons. The van der Waals surface area contributed by atoms with Crippen LogP contribution in [0.3, 0.4) is 0 Å². The second-order valence-corrected chi connectivity index (χ2v) is 6.63. The molecule has 0 aliphatic rings. The first-order chi connectivity index (χ1) is 9.56. The van der Waals surface area contributed by atoms with Gasteiger partial charge in [0.15, 0.2) is 0 Å². The van der Waals surface area contributed by atoms with Gasteiger partial charge in [0.05, 0.1) is 6.61 Å². The number of halogens is 1. The Morgan fingerprint density at radius 1 is 1.20 bits per heavy atom. The van der Waals surface area contributed by atoms with Gasteiger partial charge in [-0.15, -0.1) is 0 Å². The summed E-state index contributed by atoms with van der Waals surface area (Å²) in [4.78, 5) is 0. The van der Waals surface area contributed by atoms with Crippen molar-refractivity contribution in [3.8, 4) is 5.75 Å². The molecule has 1 aromatic rings. The van der Waals surface area contributed by atoms with Crippen LogP contribution in [0.5, 0.6) is 5.75 Å². The van der Waals surface area contributed by atoms with Crippen LogP contribution in [0.2, 0.25) is 0 Å². The summed E-state index contributed by atoms with van der Waals surface area (Å²) in [6.45, 7) is 11.6. The van der Waals surface area contributed by atoms with Crippen LogP contribution in [0.1, 0.15) is 46.1 Å². The molecule has 0 bridgehead atoms. The van der Waals surface area contributed by atoms with E-state index in [-0.39, 0.29) is 0 Å². The molecule has 0 aromatic heterocycles. The smallest absolute Gasteiger partial charge is 0.119 e. The molecule has 0 radical (unpaired) electrons. The Bertz CT molecular complexity index is 389. The summed E-state index contributed by atoms with van der Waals surface area (Å²) < 4.78 is 7.07. The monoisotopic (exact) mass is 341 g/mol. The molecule has 0 aliphatic carbocycles. The van der Waals surface area contributed by atoms with E-state index >= 15 is 0 Å². The molecule has 0 saturated carbocycles. The Morgan fingerprint density at radius 3 is 2.50 bits per heavy atom. The lowest BCUT2D eigenvalue weighted by molar-refractivity contribution is 0.240. The predicted molar refractivity (Wildman–Crippen MR) is 90.3 cm³/mol. The van der Waals surface area contributed by atoms with Crippen molar-refractivity contribution in [3.05, 3.63) is 28.2 Å². The molecule has 1 rings (SSSR count). The largest absolute Gasteiger partial charge is 0.493 e. The first kappa shape index (κ1) is 17.5. The molecular weight excluding hydrogens is 314 g/mol. The molecule has 0 unspecified atom stereocenters. The van der Waals surface area contributed by atoms with Crippen LogP contribution in [-0.2, 0) is 6.54 Å². The van der Waals surface area contributed by atoms with E-state index in [4.69, 9.17) is 4.74 Å². The average molecular weight is 342 g/mol. The Hall–Kier alpha value is -0.540. The molecule has 0 atom stereocenters. The highest BCUT2D eigenvalue weighted by molar-refractivity contribution is 9.10. The quantitative estimate of drug-likeness (QED) is 0.681. The van der Waals surface area contributed by atoms with E-state index < -0.39 is 0 Å². The maximum Gasteiger partial charge on any atom is 0.119 e. The van der Waals surface area contributed by atoms with Gasteiger partial charge in [0.25, 0.3) is 0 Å². The Labute approximate surface area is 132 Å². The zero-order chi connectivity index (χ0) is 15.0. The highest BCUT2D eigenvalue weighted by Crippen LogP contribution is 2.23. The minimum atomic E-state index is 0.654. The van der Waals surface area contributed by atoms with E-state index in [9.17, 15) is 0 Å². The van der Waals surface area contributed by atoms with Gasteiger partial charge in [0.1, 0.15) is 5.75 Å². The number of hydrogen-bond donors (Lipinski definition) is 1. The average Bonchev–Trinajstić information content (AvgIpc) is 2.42. The number of nitrogens with one attached hydrogen (secondary N) is 1. The molecule has 2 nitrogen and oxygen atoms in total. The summed E-state index contributed by atoms with van der Waals surface area (Å²) in [6.07, 6.45) is 2.35. The lowest BCUT2D eigenvalue weighted by Crippen LogP contribution is -2.19. The first-order valence-electron chi connectivity index (χ1n) is 7.68. The number of rotatable bonds is 9. The summed E-state index contributed by atoms with van der Waals surface area (Å²) in [5.74, 6) is 2.30. The van der Waals surface area contributed by atoms with Gasteiger partial charge in [-0.05, 0) is 42.1 Å². The van der Waals surface area contributed by atoms with Gasteiger partial charge in [0, 0.05) is 11.0 Å². The van der Waals surface area contributed by atoms with Crippen molar-refractivity contribution >= 4 is 15.9 Å². The van der Waals surface area contributed by atoms with Crippen molar-refractivity contribution in [1.29, 1.82) is 0 Å². The zero-order valence-electron chi connectivity index (χ0n) is 13.2. The van der Waals surface area contributed by atoms with Gasteiger partial charge < -0.3 is 10.1 Å². The third-order valence-electron chi connectivity index (χ3n) is 3.53. The minimum Gasteiger partial charge on any atom is -0.493 e. The second kappa shape index (κ2) is 9.41. The Morgan fingerprint density at radius 2 is 1.90 bits per heavy atom. The van der Waals surface area contributed by atoms with Crippen LogP contribution >= 0.6 is 15.9 Å². The highest BCUT2D eigenvalue weighted by atomic mass is 79.9. The van der Waals surface area contributed by atoms with Crippen molar-refractivity contribution in [2.45, 2.75) is 47.1 Å². The van der Waals surface area contributed by atoms with E-state index in [2.05, 4.69) is 61.1 Å². The molecule has 1 N–H and O–H groups in total. The normalized spacial score (nSPS) is 11.3. The number of ether oxygens (including phenoxy) is 1. The zero-order valence-corrected chi connectivity index (χ0v) is 14.8. The van der Waals surface area contributed by atoms with Gasteiger partial charge in [0.2, 0.25) is 0 Å². The van der Waals surface area contributed by atoms with Crippen LogP contribution in [0.25, 0.3) is 0 Å². The second-order valence-electron chi connectivity index (χ2n) is 5.77. The van der Waals surface area contributed by atoms with Crippen molar-refractivity contribution < 1.29 is 4.74 Å². The fourth-order valence-corrected chi connectivity index (χ4v) is 2.40. The van der Waals surface area contributed by atoms with Crippen LogP contribution in [0.4, 0.5) is 0 Å². The molecule has 0 spiro atoms. The lowest BCUT2D eigenvalue weighted by atomic mass is 10.1. The van der Waals surface area contributed by atoms with E-state index in [1.54, 1.807) is 0 Å². The summed E-state index contributed by atoms with van der Waals surface area (Å²) in [5, 5.41) is 3.47. The maximum absolute atomic E-state index is 5.92. The van der Waals surface area contributed by atoms with Crippen LogP contribution in [0.15, 0.2) is 22.7 Å². The maximum atomic E-state index is 5.92. The van der Waals surface area contributed by atoms with Crippen molar-refractivity contribution in [3.63, 3.8) is 0 Å². The van der Waals surface area contributed by atoms with Gasteiger partial charge in [-0.25, -0.2) is 0 Å². The summed E-state index contributed by atoms with van der Waals surface area (Å²) in [6, 6.07) is 6.26.